The average Bonchev–Trinajstić information content (AvgIpc) is 3.43. The molecule has 2 aromatic carbocycles. The van der Waals surface area contributed by atoms with Crippen LogP contribution >= 0.6 is 0 Å². The van der Waals surface area contributed by atoms with Crippen molar-refractivity contribution in [3.63, 3.8) is 0 Å². The molecule has 0 amide bonds. The molecule has 8 heteroatoms. The molecule has 4 rings (SSSR count). The van der Waals surface area contributed by atoms with Crippen molar-refractivity contribution in [1.82, 2.24) is 24.7 Å². The van der Waals surface area contributed by atoms with Crippen molar-refractivity contribution >= 4 is 10.0 Å². The summed E-state index contributed by atoms with van der Waals surface area (Å²) in [6, 6.07) is 23.8. The lowest BCUT2D eigenvalue weighted by Gasteiger charge is -2.08. The number of benzene rings is 2. The van der Waals surface area contributed by atoms with E-state index in [0.717, 1.165) is 28.1 Å². The first kappa shape index (κ1) is 35.9. The van der Waals surface area contributed by atoms with Crippen LogP contribution in [0.5, 0.6) is 0 Å². The minimum Gasteiger partial charge on any atom is -0.243 e. The van der Waals surface area contributed by atoms with Crippen molar-refractivity contribution in [3.8, 4) is 22.5 Å². The third-order valence-electron chi connectivity index (χ3n) is 4.74. The van der Waals surface area contributed by atoms with Gasteiger partial charge in [-0.25, -0.2) is 18.1 Å². The van der Waals surface area contributed by atoms with Gasteiger partial charge in [-0.1, -0.05) is 66.7 Å². The summed E-state index contributed by atoms with van der Waals surface area (Å²) in [7, 11) is -3.44. The van der Waals surface area contributed by atoms with Gasteiger partial charge in [0.15, 0.2) is 5.03 Å². The van der Waals surface area contributed by atoms with Crippen LogP contribution in [0.1, 0.15) is 39.3 Å². The second-order valence-corrected chi connectivity index (χ2v) is 10.2. The maximum atomic E-state index is 11.6. The molecule has 0 saturated heterocycles. The van der Waals surface area contributed by atoms with Crippen molar-refractivity contribution in [1.29, 1.82) is 0 Å². The Bertz CT molecular complexity index is 1270. The zero-order valence-electron chi connectivity index (χ0n) is 24.4. The predicted octanol–water partition coefficient (Wildman–Crippen LogP) is 7.68. The Balaban J connectivity index is 0.000000670. The Hall–Kier alpha value is -4.14. The van der Waals surface area contributed by atoms with Gasteiger partial charge >= 0.3 is 0 Å². The number of hydrogen-bond donors (Lipinski definition) is 1. The van der Waals surface area contributed by atoms with Crippen LogP contribution in [0.15, 0.2) is 123 Å². The predicted molar refractivity (Wildman–Crippen MR) is 169 cm³/mol. The number of pyridine rings is 1. The Labute approximate surface area is 241 Å². The van der Waals surface area contributed by atoms with Crippen LogP contribution in [0, 0.1) is 6.92 Å². The maximum absolute atomic E-state index is 11.6. The number of aryl methyl sites for hydroxylation is 1. The molecule has 7 nitrogen and oxygen atoms in total. The Kier molecular flexibility index (Phi) is 17.0. The van der Waals surface area contributed by atoms with E-state index in [9.17, 15) is 8.42 Å². The largest absolute Gasteiger partial charge is 0.258 e. The zero-order valence-corrected chi connectivity index (χ0v) is 25.2. The smallest absolute Gasteiger partial charge is 0.243 e. The number of nitrogens with one attached hydrogen (secondary N) is 1. The van der Waals surface area contributed by atoms with Crippen LogP contribution in [-0.4, -0.2) is 34.4 Å². The third kappa shape index (κ3) is 11.3. The molecular formula is C32H43N5O2S. The lowest BCUT2D eigenvalue weighted by Crippen LogP contribution is -2.30. The maximum Gasteiger partial charge on any atom is 0.258 e. The van der Waals surface area contributed by atoms with Gasteiger partial charge in [-0.2, -0.15) is 15.0 Å². The Morgan fingerprint density at radius 1 is 0.700 bits per heavy atom. The summed E-state index contributed by atoms with van der Waals surface area (Å²) in [6.45, 7) is 27.6. The standard InChI is InChI=1S/C17H17N3.C9H14N2O2S.3C2H4/c1-13(2)20-18-16(14-9-5-3-6-10-14)17(19-20)15-11-7-4-8-12-15;1-7(2)11-14(12,13)9-5-4-8(3)6-10-9;3*1-2/h3-13H,1-2H3;4-7,11H,1-3H3;3*1-2H2. The van der Waals surface area contributed by atoms with Crippen molar-refractivity contribution in [2.24, 2.45) is 0 Å². The van der Waals surface area contributed by atoms with Crippen LogP contribution in [0.4, 0.5) is 0 Å². The summed E-state index contributed by atoms with van der Waals surface area (Å²) < 4.78 is 25.6. The first-order valence-corrected chi connectivity index (χ1v) is 14.2. The molecule has 0 bridgehead atoms. The minimum absolute atomic E-state index is 0.0665. The molecule has 0 saturated carbocycles. The van der Waals surface area contributed by atoms with Gasteiger partial charge in [0.25, 0.3) is 10.0 Å². The highest BCUT2D eigenvalue weighted by Gasteiger charge is 2.16. The van der Waals surface area contributed by atoms with E-state index in [1.54, 1.807) is 24.7 Å². The van der Waals surface area contributed by atoms with Gasteiger partial charge in [0.05, 0.1) is 6.04 Å². The Morgan fingerprint density at radius 2 is 1.12 bits per heavy atom. The van der Waals surface area contributed by atoms with Gasteiger partial charge in [-0.15, -0.1) is 39.5 Å². The van der Waals surface area contributed by atoms with Crippen molar-refractivity contribution in [2.75, 3.05) is 0 Å². The molecule has 2 heterocycles. The number of sulfonamides is 1. The summed E-state index contributed by atoms with van der Waals surface area (Å²) in [5.74, 6) is 0. The molecule has 4 aromatic rings. The molecule has 2 aromatic heterocycles. The number of nitrogens with zero attached hydrogens (tertiary/aromatic N) is 4. The topological polar surface area (TPSA) is 89.8 Å². The fraction of sp³-hybridized carbons (Fsp3) is 0.219. The van der Waals surface area contributed by atoms with Gasteiger partial charge in [0.1, 0.15) is 11.4 Å². The van der Waals surface area contributed by atoms with Crippen LogP contribution in [-0.2, 0) is 10.0 Å². The van der Waals surface area contributed by atoms with E-state index in [1.807, 2.05) is 43.3 Å². The summed E-state index contributed by atoms with van der Waals surface area (Å²) >= 11 is 0. The second kappa shape index (κ2) is 19.0. The highest BCUT2D eigenvalue weighted by molar-refractivity contribution is 7.89. The molecule has 0 unspecified atom stereocenters. The molecule has 0 aliphatic carbocycles. The zero-order chi connectivity index (χ0) is 30.7. The lowest BCUT2D eigenvalue weighted by molar-refractivity contribution is 0.468. The molecule has 214 valence electrons. The fourth-order valence-electron chi connectivity index (χ4n) is 3.12. The minimum atomic E-state index is -3.44. The van der Waals surface area contributed by atoms with Crippen molar-refractivity contribution in [3.05, 3.63) is 124 Å². The molecule has 40 heavy (non-hydrogen) atoms. The van der Waals surface area contributed by atoms with E-state index < -0.39 is 10.0 Å². The monoisotopic (exact) mass is 561 g/mol. The van der Waals surface area contributed by atoms with Crippen molar-refractivity contribution < 1.29 is 8.42 Å². The van der Waals surface area contributed by atoms with E-state index in [4.69, 9.17) is 0 Å². The fourth-order valence-corrected chi connectivity index (χ4v) is 4.30. The molecule has 0 aliphatic rings. The third-order valence-corrected chi connectivity index (χ3v) is 6.31. The number of hydrogen-bond acceptors (Lipinski definition) is 5. The van der Waals surface area contributed by atoms with Gasteiger partial charge in [-0.05, 0) is 46.2 Å². The van der Waals surface area contributed by atoms with E-state index >= 15 is 0 Å². The highest BCUT2D eigenvalue weighted by atomic mass is 32.2. The van der Waals surface area contributed by atoms with Gasteiger partial charge in [0, 0.05) is 23.4 Å². The first-order chi connectivity index (χ1) is 19.2. The van der Waals surface area contributed by atoms with Crippen LogP contribution < -0.4 is 4.72 Å². The lowest BCUT2D eigenvalue weighted by atomic mass is 10.1. The molecule has 0 aliphatic heterocycles. The van der Waals surface area contributed by atoms with E-state index in [0.29, 0.717) is 0 Å². The molecule has 0 spiro atoms. The van der Waals surface area contributed by atoms with Crippen LogP contribution in [0.3, 0.4) is 0 Å². The SMILES string of the molecule is C=C.C=C.C=C.CC(C)n1nc(-c2ccccc2)c(-c2ccccc2)n1.Cc1ccc(S(=O)(=O)NC(C)C)nc1. The van der Waals surface area contributed by atoms with Gasteiger partial charge in [-0.3, -0.25) is 0 Å². The van der Waals surface area contributed by atoms with E-state index in [-0.39, 0.29) is 17.1 Å². The van der Waals surface area contributed by atoms with Crippen LogP contribution in [0.2, 0.25) is 0 Å². The Morgan fingerprint density at radius 3 is 1.45 bits per heavy atom. The quantitative estimate of drug-likeness (QED) is 0.244. The van der Waals surface area contributed by atoms with Crippen LogP contribution in [0.25, 0.3) is 22.5 Å². The average molecular weight is 562 g/mol. The highest BCUT2D eigenvalue weighted by Crippen LogP contribution is 2.29. The van der Waals surface area contributed by atoms with E-state index in [2.05, 4.69) is 97.5 Å². The summed E-state index contributed by atoms with van der Waals surface area (Å²) in [4.78, 5) is 5.63. The molecule has 0 radical (unpaired) electrons. The second-order valence-electron chi connectivity index (χ2n) is 8.49. The van der Waals surface area contributed by atoms with Gasteiger partial charge in [0.2, 0.25) is 0 Å². The van der Waals surface area contributed by atoms with Crippen molar-refractivity contribution in [2.45, 2.75) is 51.7 Å². The number of aromatic nitrogens is 4. The summed E-state index contributed by atoms with van der Waals surface area (Å²) in [5.41, 5.74) is 5.00. The van der Waals surface area contributed by atoms with Gasteiger partial charge < -0.3 is 0 Å². The molecule has 0 atom stereocenters. The summed E-state index contributed by atoms with van der Waals surface area (Å²) in [5, 5.41) is 9.39. The summed E-state index contributed by atoms with van der Waals surface area (Å²) in [6.07, 6.45) is 1.54. The molecule has 1 N–H and O–H groups in total. The molecule has 0 fully saturated rings. The normalized spacial score (nSPS) is 9.97. The first-order valence-electron chi connectivity index (χ1n) is 12.7. The van der Waals surface area contributed by atoms with E-state index in [1.165, 1.54) is 12.3 Å². The number of rotatable bonds is 6. The molecular weight excluding hydrogens is 518 g/mol.